The number of carbonyl (C=O) groups excluding carboxylic acids is 1. The zero-order chi connectivity index (χ0) is 18.0. The van der Waals surface area contributed by atoms with Crippen molar-refractivity contribution in [1.82, 2.24) is 5.32 Å². The predicted molar refractivity (Wildman–Crippen MR) is 97.6 cm³/mol. The monoisotopic (exact) mass is 380 g/mol. The van der Waals surface area contributed by atoms with E-state index in [0.717, 1.165) is 12.8 Å². The number of nitrogens with one attached hydrogen (secondary N) is 1. The molecule has 2 aromatic rings. The molecule has 1 aromatic heterocycles. The predicted octanol–water partition coefficient (Wildman–Crippen LogP) is 2.62. The summed E-state index contributed by atoms with van der Waals surface area (Å²) in [6, 6.07) is 10.2. The summed E-state index contributed by atoms with van der Waals surface area (Å²) in [5.74, 6) is 0.382. The van der Waals surface area contributed by atoms with Gasteiger partial charge >= 0.3 is 0 Å². The number of ether oxygens (including phenoxy) is 1. The number of rotatable bonds is 7. The zero-order valence-corrected chi connectivity index (χ0v) is 15.6. The van der Waals surface area contributed by atoms with Gasteiger partial charge in [0.2, 0.25) is 0 Å². The van der Waals surface area contributed by atoms with Crippen LogP contribution in [0.2, 0.25) is 0 Å². The Hall–Kier alpha value is -2.06. The number of sulfonamides is 1. The molecule has 1 aromatic carbocycles. The average Bonchev–Trinajstić information content (AvgIpc) is 3.23. The highest BCUT2D eigenvalue weighted by Crippen LogP contribution is 2.27. The summed E-state index contributed by atoms with van der Waals surface area (Å²) >= 11 is 1.18. The quantitative estimate of drug-likeness (QED) is 0.801. The normalized spacial score (nSPS) is 15.4. The summed E-state index contributed by atoms with van der Waals surface area (Å²) < 4.78 is 32.2. The highest BCUT2D eigenvalue weighted by molar-refractivity contribution is 7.94. The molecule has 1 N–H and O–H groups in total. The molecule has 0 unspecified atom stereocenters. The van der Waals surface area contributed by atoms with Gasteiger partial charge in [0.1, 0.15) is 9.96 Å². The van der Waals surface area contributed by atoms with Crippen molar-refractivity contribution in [2.75, 3.05) is 11.4 Å². The third-order valence-electron chi connectivity index (χ3n) is 3.92. The van der Waals surface area contributed by atoms with Crippen molar-refractivity contribution in [3.63, 3.8) is 0 Å². The lowest BCUT2D eigenvalue weighted by molar-refractivity contribution is -0.127. The number of hydrogen-bond donors (Lipinski definition) is 1. The van der Waals surface area contributed by atoms with Crippen LogP contribution in [-0.2, 0) is 14.8 Å². The zero-order valence-electron chi connectivity index (χ0n) is 14.0. The Morgan fingerprint density at radius 2 is 1.96 bits per heavy atom. The molecule has 0 saturated heterocycles. The Bertz CT molecular complexity index is 828. The highest BCUT2D eigenvalue weighted by atomic mass is 32.2. The second-order valence-corrected chi connectivity index (χ2v) is 9.09. The number of benzene rings is 1. The Morgan fingerprint density at radius 1 is 1.28 bits per heavy atom. The summed E-state index contributed by atoms with van der Waals surface area (Å²) in [6.07, 6.45) is 1.45. The van der Waals surface area contributed by atoms with Crippen LogP contribution in [0.1, 0.15) is 19.8 Å². The van der Waals surface area contributed by atoms with Crippen LogP contribution in [0.4, 0.5) is 5.69 Å². The fourth-order valence-electron chi connectivity index (χ4n) is 2.22. The van der Waals surface area contributed by atoms with Gasteiger partial charge in [-0.15, -0.1) is 11.3 Å². The molecule has 134 valence electrons. The van der Waals surface area contributed by atoms with Crippen LogP contribution in [-0.4, -0.2) is 33.5 Å². The number of amides is 1. The van der Waals surface area contributed by atoms with E-state index in [4.69, 9.17) is 4.74 Å². The van der Waals surface area contributed by atoms with Crippen molar-refractivity contribution in [1.29, 1.82) is 0 Å². The minimum absolute atomic E-state index is 0.135. The maximum atomic E-state index is 12.5. The van der Waals surface area contributed by atoms with Gasteiger partial charge in [0.25, 0.3) is 15.9 Å². The first-order chi connectivity index (χ1) is 11.9. The summed E-state index contributed by atoms with van der Waals surface area (Å²) in [5.41, 5.74) is 0.524. The SMILES string of the molecule is C[C@@H](Oc1ccc(N(C)S(=O)(=O)c2cccs2)cc1)C(=O)NC1CC1. The molecule has 1 atom stereocenters. The molecule has 6 nitrogen and oxygen atoms in total. The van der Waals surface area contributed by atoms with E-state index >= 15 is 0 Å². The van der Waals surface area contributed by atoms with Crippen molar-refractivity contribution in [3.05, 3.63) is 41.8 Å². The fraction of sp³-hybridized carbons (Fsp3) is 0.353. The van der Waals surface area contributed by atoms with Crippen LogP contribution in [0.3, 0.4) is 0 Å². The first-order valence-corrected chi connectivity index (χ1v) is 10.3. The third-order valence-corrected chi connectivity index (χ3v) is 7.07. The minimum Gasteiger partial charge on any atom is -0.481 e. The lowest BCUT2D eigenvalue weighted by Crippen LogP contribution is -2.37. The van der Waals surface area contributed by atoms with Crippen LogP contribution in [0.25, 0.3) is 0 Å². The molecule has 0 bridgehead atoms. The van der Waals surface area contributed by atoms with Gasteiger partial charge in [-0.1, -0.05) is 6.07 Å². The Kier molecular flexibility index (Phi) is 5.01. The van der Waals surface area contributed by atoms with E-state index in [0.29, 0.717) is 15.6 Å². The number of carbonyl (C=O) groups is 1. The molecule has 25 heavy (non-hydrogen) atoms. The number of anilines is 1. The molecule has 0 radical (unpaired) electrons. The summed E-state index contributed by atoms with van der Waals surface area (Å²) in [6.45, 7) is 1.69. The van der Waals surface area contributed by atoms with Gasteiger partial charge in [-0.25, -0.2) is 8.42 Å². The van der Waals surface area contributed by atoms with Crippen molar-refractivity contribution in [2.45, 2.75) is 36.1 Å². The van der Waals surface area contributed by atoms with Crippen molar-refractivity contribution in [2.24, 2.45) is 0 Å². The van der Waals surface area contributed by atoms with Crippen LogP contribution >= 0.6 is 11.3 Å². The van der Waals surface area contributed by atoms with Gasteiger partial charge in [-0.2, -0.15) is 0 Å². The van der Waals surface area contributed by atoms with E-state index < -0.39 is 16.1 Å². The molecule has 1 saturated carbocycles. The van der Waals surface area contributed by atoms with Gasteiger partial charge in [-0.3, -0.25) is 9.10 Å². The highest BCUT2D eigenvalue weighted by Gasteiger charge is 2.26. The van der Waals surface area contributed by atoms with E-state index in [2.05, 4.69) is 5.32 Å². The van der Waals surface area contributed by atoms with Crippen molar-refractivity contribution < 1.29 is 17.9 Å². The average molecular weight is 380 g/mol. The van der Waals surface area contributed by atoms with Gasteiger partial charge in [0, 0.05) is 13.1 Å². The Balaban J connectivity index is 1.66. The molecule has 1 amide bonds. The lowest BCUT2D eigenvalue weighted by atomic mass is 10.3. The maximum absolute atomic E-state index is 12.5. The molecule has 3 rings (SSSR count). The van der Waals surface area contributed by atoms with Crippen LogP contribution in [0.5, 0.6) is 5.75 Å². The smallest absolute Gasteiger partial charge is 0.273 e. The summed E-state index contributed by atoms with van der Waals surface area (Å²) in [5, 5.41) is 4.62. The minimum atomic E-state index is -3.56. The molecule has 1 fully saturated rings. The number of nitrogens with zero attached hydrogens (tertiary/aromatic N) is 1. The molecular weight excluding hydrogens is 360 g/mol. The third kappa shape index (κ3) is 4.13. The fourth-order valence-corrected chi connectivity index (χ4v) is 4.58. The maximum Gasteiger partial charge on any atom is 0.273 e. The van der Waals surface area contributed by atoms with Crippen LogP contribution in [0, 0.1) is 0 Å². The molecular formula is C17H20N2O4S2. The van der Waals surface area contributed by atoms with Crippen LogP contribution in [0.15, 0.2) is 46.0 Å². The molecule has 1 aliphatic rings. The topological polar surface area (TPSA) is 75.7 Å². The van der Waals surface area contributed by atoms with Crippen molar-refractivity contribution >= 4 is 33.0 Å². The standard InChI is InChI=1S/C17H20N2O4S2/c1-12(17(20)18-13-5-6-13)23-15-9-7-14(8-10-15)19(2)25(21,22)16-4-3-11-24-16/h3-4,7-13H,5-6H2,1-2H3,(H,18,20)/t12-/m1/s1. The number of thiophene rings is 1. The van der Waals surface area contributed by atoms with Gasteiger partial charge < -0.3 is 10.1 Å². The molecule has 1 aliphatic carbocycles. The van der Waals surface area contributed by atoms with Gasteiger partial charge in [-0.05, 0) is 55.5 Å². The Morgan fingerprint density at radius 3 is 2.52 bits per heavy atom. The molecule has 8 heteroatoms. The van der Waals surface area contributed by atoms with E-state index in [1.165, 1.54) is 22.7 Å². The second kappa shape index (κ2) is 7.05. The van der Waals surface area contributed by atoms with E-state index in [9.17, 15) is 13.2 Å². The van der Waals surface area contributed by atoms with Crippen molar-refractivity contribution in [3.8, 4) is 5.75 Å². The Labute approximate surface area is 151 Å². The first kappa shape index (κ1) is 17.8. The van der Waals surface area contributed by atoms with E-state index in [1.54, 1.807) is 48.7 Å². The van der Waals surface area contributed by atoms with E-state index in [1.807, 2.05) is 0 Å². The van der Waals surface area contributed by atoms with Gasteiger partial charge in [0.15, 0.2) is 6.10 Å². The summed E-state index contributed by atoms with van der Waals surface area (Å²) in [4.78, 5) is 11.9. The molecule has 0 spiro atoms. The molecule has 0 aliphatic heterocycles. The van der Waals surface area contributed by atoms with Gasteiger partial charge in [0.05, 0.1) is 5.69 Å². The van der Waals surface area contributed by atoms with Crippen LogP contribution < -0.4 is 14.4 Å². The molecule has 1 heterocycles. The van der Waals surface area contributed by atoms with E-state index in [-0.39, 0.29) is 11.9 Å². The lowest BCUT2D eigenvalue weighted by Gasteiger charge is -2.19. The summed E-state index contributed by atoms with van der Waals surface area (Å²) in [7, 11) is -2.05. The first-order valence-electron chi connectivity index (χ1n) is 7.97. The second-order valence-electron chi connectivity index (χ2n) is 5.94. The largest absolute Gasteiger partial charge is 0.481 e. The number of hydrogen-bond acceptors (Lipinski definition) is 5.